The smallest absolute Gasteiger partial charge is 0.406 e. The van der Waals surface area contributed by atoms with E-state index in [0.29, 0.717) is 30.4 Å². The van der Waals surface area contributed by atoms with Crippen molar-refractivity contribution in [2.75, 3.05) is 45.3 Å². The molecule has 1 aromatic carbocycles. The second kappa shape index (κ2) is 7.61. The number of nitrogens with zero attached hydrogens (tertiary/aromatic N) is 5. The lowest BCUT2D eigenvalue weighted by Crippen LogP contribution is -2.46. The first-order chi connectivity index (χ1) is 12.5. The molecule has 9 nitrogen and oxygen atoms in total. The number of hydrogen-bond donors (Lipinski definition) is 0. The number of methoxy groups -OCH3 is 2. The maximum absolute atomic E-state index is 11.2. The molecule has 0 bridgehead atoms. The predicted molar refractivity (Wildman–Crippen MR) is 96.9 cm³/mol. The van der Waals surface area contributed by atoms with Crippen LogP contribution in [-0.4, -0.2) is 59.8 Å². The molecule has 1 aromatic heterocycles. The molecule has 0 radical (unpaired) electrons. The number of aryl methyl sites for hydroxylation is 1. The number of imidazole rings is 1. The Balaban J connectivity index is 1.64. The Kier molecular flexibility index (Phi) is 5.27. The number of nitro groups is 1. The number of hydrogen-bond acceptors (Lipinski definition) is 7. The summed E-state index contributed by atoms with van der Waals surface area (Å²) in [5, 5.41) is 11.2. The van der Waals surface area contributed by atoms with Crippen LogP contribution in [0, 0.1) is 10.1 Å². The molecule has 0 amide bonds. The van der Waals surface area contributed by atoms with Gasteiger partial charge < -0.3 is 24.5 Å². The Labute approximate surface area is 151 Å². The highest BCUT2D eigenvalue weighted by molar-refractivity contribution is 5.55. The number of rotatable bonds is 6. The molecule has 1 aliphatic rings. The lowest BCUT2D eigenvalue weighted by molar-refractivity contribution is -0.388. The monoisotopic (exact) mass is 361 g/mol. The molecule has 140 valence electrons. The summed E-state index contributed by atoms with van der Waals surface area (Å²) in [5.41, 5.74) is 1.14. The largest absolute Gasteiger partial charge is 0.493 e. The summed E-state index contributed by atoms with van der Waals surface area (Å²) in [6.45, 7) is 3.86. The van der Waals surface area contributed by atoms with Gasteiger partial charge in [-0.05, 0) is 27.6 Å². The van der Waals surface area contributed by atoms with E-state index in [1.807, 2.05) is 23.1 Å². The van der Waals surface area contributed by atoms with E-state index in [-0.39, 0.29) is 5.82 Å². The van der Waals surface area contributed by atoms with Crippen molar-refractivity contribution in [3.8, 4) is 11.5 Å². The molecule has 1 saturated heterocycles. The molecule has 1 fully saturated rings. The third-order valence-electron chi connectivity index (χ3n) is 4.59. The van der Waals surface area contributed by atoms with E-state index in [9.17, 15) is 10.1 Å². The Morgan fingerprint density at radius 3 is 2.46 bits per heavy atom. The fourth-order valence-corrected chi connectivity index (χ4v) is 3.26. The molecular weight excluding hydrogens is 338 g/mol. The van der Waals surface area contributed by atoms with Gasteiger partial charge in [0.2, 0.25) is 12.1 Å². The molecule has 1 aliphatic heterocycles. The molecule has 0 saturated carbocycles. The Morgan fingerprint density at radius 2 is 1.85 bits per heavy atom. The summed E-state index contributed by atoms with van der Waals surface area (Å²) in [7, 11) is 5.03. The van der Waals surface area contributed by atoms with Gasteiger partial charge in [-0.1, -0.05) is 6.07 Å². The van der Waals surface area contributed by atoms with Crippen LogP contribution in [-0.2, 0) is 13.6 Å². The molecule has 2 heterocycles. The lowest BCUT2D eigenvalue weighted by atomic mass is 10.1. The first-order valence-electron chi connectivity index (χ1n) is 8.37. The molecule has 0 aliphatic carbocycles. The zero-order valence-corrected chi connectivity index (χ0v) is 15.2. The van der Waals surface area contributed by atoms with E-state index in [1.165, 1.54) is 6.33 Å². The highest BCUT2D eigenvalue weighted by Crippen LogP contribution is 2.29. The third kappa shape index (κ3) is 3.57. The average Bonchev–Trinajstić information content (AvgIpc) is 3.04. The van der Waals surface area contributed by atoms with E-state index in [1.54, 1.807) is 25.8 Å². The van der Waals surface area contributed by atoms with E-state index < -0.39 is 4.92 Å². The molecule has 9 heteroatoms. The van der Waals surface area contributed by atoms with Gasteiger partial charge in [0.15, 0.2) is 11.5 Å². The molecule has 2 aromatic rings. The summed E-state index contributed by atoms with van der Waals surface area (Å²) in [6.07, 6.45) is 1.49. The fraction of sp³-hybridized carbons (Fsp3) is 0.471. The third-order valence-corrected chi connectivity index (χ3v) is 4.59. The number of aromatic nitrogens is 2. The van der Waals surface area contributed by atoms with E-state index in [4.69, 9.17) is 9.47 Å². The van der Waals surface area contributed by atoms with Crippen LogP contribution in [0.3, 0.4) is 0 Å². The van der Waals surface area contributed by atoms with Crippen molar-refractivity contribution >= 4 is 11.6 Å². The van der Waals surface area contributed by atoms with Gasteiger partial charge in [-0.15, -0.1) is 0 Å². The van der Waals surface area contributed by atoms with Gasteiger partial charge in [-0.25, -0.2) is 0 Å². The molecule has 0 atom stereocenters. The van der Waals surface area contributed by atoms with Gasteiger partial charge >= 0.3 is 5.82 Å². The summed E-state index contributed by atoms with van der Waals surface area (Å²) >= 11 is 0. The average molecular weight is 361 g/mol. The maximum Gasteiger partial charge on any atom is 0.406 e. The second-order valence-corrected chi connectivity index (χ2v) is 6.21. The molecule has 0 N–H and O–H groups in total. The highest BCUT2D eigenvalue weighted by Gasteiger charge is 2.28. The van der Waals surface area contributed by atoms with Crippen LogP contribution >= 0.6 is 0 Å². The van der Waals surface area contributed by atoms with Crippen LogP contribution < -0.4 is 14.4 Å². The van der Waals surface area contributed by atoms with Crippen molar-refractivity contribution in [1.29, 1.82) is 0 Å². The Bertz CT molecular complexity index is 783. The van der Waals surface area contributed by atoms with Gasteiger partial charge in [0.25, 0.3) is 0 Å². The van der Waals surface area contributed by atoms with Crippen LogP contribution in [0.5, 0.6) is 11.5 Å². The summed E-state index contributed by atoms with van der Waals surface area (Å²) in [5.74, 6) is 1.92. The molecule has 3 rings (SSSR count). The van der Waals surface area contributed by atoms with Crippen LogP contribution in [0.4, 0.5) is 11.6 Å². The highest BCUT2D eigenvalue weighted by atomic mass is 16.6. The standard InChI is InChI=1S/C17H23N5O4/c1-19-12-18-16(22(23)24)17(19)21-8-6-20(7-9-21)11-13-4-5-14(25-2)15(10-13)26-3/h4-5,10,12H,6-9,11H2,1-3H3. The minimum absolute atomic E-state index is 0.0826. The molecule has 0 spiro atoms. The fourth-order valence-electron chi connectivity index (χ4n) is 3.26. The minimum atomic E-state index is -0.425. The first kappa shape index (κ1) is 18.0. The molecule has 0 unspecified atom stereocenters. The SMILES string of the molecule is COc1ccc(CN2CCN(c3c([N+](=O)[O-])ncn3C)CC2)cc1OC. The van der Waals surface area contributed by atoms with Crippen LogP contribution in [0.1, 0.15) is 5.56 Å². The number of ether oxygens (including phenoxy) is 2. The molecule has 26 heavy (non-hydrogen) atoms. The molecular formula is C17H23N5O4. The number of benzene rings is 1. The van der Waals surface area contributed by atoms with Gasteiger partial charge in [-0.3, -0.25) is 9.47 Å². The number of anilines is 1. The van der Waals surface area contributed by atoms with E-state index >= 15 is 0 Å². The van der Waals surface area contributed by atoms with Gasteiger partial charge in [0, 0.05) is 39.8 Å². The first-order valence-corrected chi connectivity index (χ1v) is 8.37. The van der Waals surface area contributed by atoms with E-state index in [0.717, 1.165) is 25.2 Å². The van der Waals surface area contributed by atoms with E-state index in [2.05, 4.69) is 9.88 Å². The lowest BCUT2D eigenvalue weighted by Gasteiger charge is -2.35. The van der Waals surface area contributed by atoms with Gasteiger partial charge in [-0.2, -0.15) is 0 Å². The van der Waals surface area contributed by atoms with Crippen molar-refractivity contribution in [1.82, 2.24) is 14.5 Å². The van der Waals surface area contributed by atoms with Gasteiger partial charge in [0.05, 0.1) is 14.2 Å². The predicted octanol–water partition coefficient (Wildman–Crippen LogP) is 1.67. The maximum atomic E-state index is 11.2. The van der Waals surface area contributed by atoms with Crippen LogP contribution in [0.2, 0.25) is 0 Å². The van der Waals surface area contributed by atoms with Crippen molar-refractivity contribution in [2.45, 2.75) is 6.54 Å². The zero-order chi connectivity index (χ0) is 18.7. The Hall–Kier alpha value is -2.81. The van der Waals surface area contributed by atoms with Crippen LogP contribution in [0.25, 0.3) is 0 Å². The normalized spacial score (nSPS) is 15.1. The van der Waals surface area contributed by atoms with Crippen LogP contribution in [0.15, 0.2) is 24.5 Å². The van der Waals surface area contributed by atoms with Crippen molar-refractivity contribution in [2.24, 2.45) is 7.05 Å². The Morgan fingerprint density at radius 1 is 1.15 bits per heavy atom. The van der Waals surface area contributed by atoms with Crippen molar-refractivity contribution < 1.29 is 14.4 Å². The summed E-state index contributed by atoms with van der Waals surface area (Å²) in [6, 6.07) is 5.92. The van der Waals surface area contributed by atoms with Gasteiger partial charge in [0.1, 0.15) is 0 Å². The zero-order valence-electron chi connectivity index (χ0n) is 15.2. The second-order valence-electron chi connectivity index (χ2n) is 6.21. The quantitative estimate of drug-likeness (QED) is 0.571. The summed E-state index contributed by atoms with van der Waals surface area (Å²) in [4.78, 5) is 19.0. The topological polar surface area (TPSA) is 85.9 Å². The number of piperazine rings is 1. The summed E-state index contributed by atoms with van der Waals surface area (Å²) < 4.78 is 12.3. The van der Waals surface area contributed by atoms with Crippen molar-refractivity contribution in [3.05, 3.63) is 40.2 Å². The van der Waals surface area contributed by atoms with Crippen molar-refractivity contribution in [3.63, 3.8) is 0 Å². The minimum Gasteiger partial charge on any atom is -0.493 e.